The van der Waals surface area contributed by atoms with Crippen LogP contribution in [-0.4, -0.2) is 31.1 Å². The topological polar surface area (TPSA) is 15.3 Å². The van der Waals surface area contributed by atoms with Crippen LogP contribution in [0.1, 0.15) is 25.3 Å². The highest BCUT2D eigenvalue weighted by atomic mass is 35.5. The average molecular weight is 321 g/mol. The summed E-state index contributed by atoms with van der Waals surface area (Å²) in [6.07, 6.45) is 2.45. The van der Waals surface area contributed by atoms with Crippen molar-refractivity contribution in [2.75, 3.05) is 26.2 Å². The van der Waals surface area contributed by atoms with Crippen molar-refractivity contribution in [2.24, 2.45) is 5.92 Å². The van der Waals surface area contributed by atoms with Crippen molar-refractivity contribution in [2.45, 2.75) is 26.3 Å². The van der Waals surface area contributed by atoms with E-state index in [-0.39, 0.29) is 23.2 Å². The Morgan fingerprint density at radius 3 is 2.65 bits per heavy atom. The van der Waals surface area contributed by atoms with E-state index in [1.807, 2.05) is 6.07 Å². The molecule has 0 aromatic heterocycles. The number of hydrogen-bond acceptors (Lipinski definition) is 2. The van der Waals surface area contributed by atoms with Crippen molar-refractivity contribution >= 4 is 24.0 Å². The SMILES string of the molecule is CCNCC1CCN(Cc2ccc(Cl)c(F)c2)CC1.Cl. The lowest BCUT2D eigenvalue weighted by molar-refractivity contribution is 0.175. The van der Waals surface area contributed by atoms with Crippen molar-refractivity contribution in [3.63, 3.8) is 0 Å². The van der Waals surface area contributed by atoms with Crippen LogP contribution in [0.5, 0.6) is 0 Å². The van der Waals surface area contributed by atoms with Gasteiger partial charge >= 0.3 is 0 Å². The van der Waals surface area contributed by atoms with E-state index < -0.39 is 0 Å². The Balaban J connectivity index is 0.00000200. The molecule has 0 saturated carbocycles. The first kappa shape index (κ1) is 17.7. The summed E-state index contributed by atoms with van der Waals surface area (Å²) < 4.78 is 13.4. The predicted molar refractivity (Wildman–Crippen MR) is 85.2 cm³/mol. The van der Waals surface area contributed by atoms with Gasteiger partial charge in [-0.15, -0.1) is 12.4 Å². The number of likely N-dealkylation sites (tertiary alicyclic amines) is 1. The van der Waals surface area contributed by atoms with Crippen LogP contribution in [0.25, 0.3) is 0 Å². The van der Waals surface area contributed by atoms with Crippen molar-refractivity contribution in [1.82, 2.24) is 10.2 Å². The summed E-state index contributed by atoms with van der Waals surface area (Å²) in [4.78, 5) is 2.39. The van der Waals surface area contributed by atoms with Crippen LogP contribution in [0, 0.1) is 11.7 Å². The number of nitrogens with zero attached hydrogens (tertiary/aromatic N) is 1. The second-order valence-electron chi connectivity index (χ2n) is 5.28. The van der Waals surface area contributed by atoms with Gasteiger partial charge < -0.3 is 5.32 Å². The van der Waals surface area contributed by atoms with Crippen LogP contribution >= 0.6 is 24.0 Å². The first-order chi connectivity index (χ1) is 9.19. The van der Waals surface area contributed by atoms with E-state index in [0.717, 1.165) is 44.2 Å². The fraction of sp³-hybridized carbons (Fsp3) is 0.600. The summed E-state index contributed by atoms with van der Waals surface area (Å²) in [5.41, 5.74) is 1.01. The van der Waals surface area contributed by atoms with Crippen LogP contribution in [0.3, 0.4) is 0 Å². The molecule has 0 atom stereocenters. The summed E-state index contributed by atoms with van der Waals surface area (Å²) in [5, 5.41) is 3.62. The summed E-state index contributed by atoms with van der Waals surface area (Å²) in [7, 11) is 0. The van der Waals surface area contributed by atoms with Crippen molar-refractivity contribution in [3.05, 3.63) is 34.6 Å². The van der Waals surface area contributed by atoms with Gasteiger partial charge in [0.05, 0.1) is 5.02 Å². The monoisotopic (exact) mass is 320 g/mol. The fourth-order valence-corrected chi connectivity index (χ4v) is 2.71. The number of nitrogens with one attached hydrogen (secondary N) is 1. The first-order valence-corrected chi connectivity index (χ1v) is 7.44. The van der Waals surface area contributed by atoms with Crippen molar-refractivity contribution < 1.29 is 4.39 Å². The maximum Gasteiger partial charge on any atom is 0.142 e. The molecule has 1 saturated heterocycles. The van der Waals surface area contributed by atoms with Crippen molar-refractivity contribution in [1.29, 1.82) is 0 Å². The number of halogens is 3. The Kier molecular flexibility index (Phi) is 7.82. The van der Waals surface area contributed by atoms with E-state index >= 15 is 0 Å². The third-order valence-electron chi connectivity index (χ3n) is 3.78. The van der Waals surface area contributed by atoms with E-state index in [1.54, 1.807) is 12.1 Å². The van der Waals surface area contributed by atoms with Gasteiger partial charge in [0.2, 0.25) is 0 Å². The lowest BCUT2D eigenvalue weighted by atomic mass is 9.96. The van der Waals surface area contributed by atoms with E-state index in [4.69, 9.17) is 11.6 Å². The molecule has 1 N–H and O–H groups in total. The molecule has 0 radical (unpaired) electrons. The van der Waals surface area contributed by atoms with Gasteiger partial charge in [-0.3, -0.25) is 4.90 Å². The maximum atomic E-state index is 13.4. The van der Waals surface area contributed by atoms with E-state index in [2.05, 4.69) is 17.1 Å². The van der Waals surface area contributed by atoms with Crippen LogP contribution < -0.4 is 5.32 Å². The molecule has 1 aliphatic rings. The summed E-state index contributed by atoms with van der Waals surface area (Å²) in [6, 6.07) is 5.10. The second kappa shape index (κ2) is 8.83. The summed E-state index contributed by atoms with van der Waals surface area (Å²) >= 11 is 5.70. The van der Waals surface area contributed by atoms with Crippen LogP contribution in [0.4, 0.5) is 4.39 Å². The lowest BCUT2D eigenvalue weighted by Gasteiger charge is -2.32. The van der Waals surface area contributed by atoms with Gasteiger partial charge in [-0.2, -0.15) is 0 Å². The number of hydrogen-bond donors (Lipinski definition) is 1. The minimum absolute atomic E-state index is 0. The third-order valence-corrected chi connectivity index (χ3v) is 4.09. The van der Waals surface area contributed by atoms with Crippen molar-refractivity contribution in [3.8, 4) is 0 Å². The molecule has 0 spiro atoms. The molecule has 0 bridgehead atoms. The highest BCUT2D eigenvalue weighted by molar-refractivity contribution is 6.30. The molecule has 0 unspecified atom stereocenters. The van der Waals surface area contributed by atoms with Gasteiger partial charge in [0.25, 0.3) is 0 Å². The Morgan fingerprint density at radius 1 is 1.35 bits per heavy atom. The molecule has 2 nitrogen and oxygen atoms in total. The summed E-state index contributed by atoms with van der Waals surface area (Å²) in [6.45, 7) is 7.33. The predicted octanol–water partition coefficient (Wildman–Crippen LogP) is 3.72. The molecule has 0 aliphatic carbocycles. The highest BCUT2D eigenvalue weighted by Gasteiger charge is 2.18. The number of rotatable bonds is 5. The normalized spacial score (nSPS) is 16.9. The minimum atomic E-state index is -0.318. The molecule has 1 aliphatic heterocycles. The molecular weight excluding hydrogens is 298 g/mol. The molecule has 5 heteroatoms. The Labute approximate surface area is 132 Å². The molecule has 1 heterocycles. The number of benzene rings is 1. The Morgan fingerprint density at radius 2 is 2.05 bits per heavy atom. The number of piperidine rings is 1. The minimum Gasteiger partial charge on any atom is -0.317 e. The molecule has 114 valence electrons. The molecule has 0 amide bonds. The van der Waals surface area contributed by atoms with Gasteiger partial charge in [0.15, 0.2) is 0 Å². The molecule has 1 aromatic carbocycles. The average Bonchev–Trinajstić information content (AvgIpc) is 2.42. The van der Waals surface area contributed by atoms with E-state index in [0.29, 0.717) is 0 Å². The Hall–Kier alpha value is -0.350. The maximum absolute atomic E-state index is 13.4. The second-order valence-corrected chi connectivity index (χ2v) is 5.68. The van der Waals surface area contributed by atoms with Gasteiger partial charge in [0, 0.05) is 6.54 Å². The summed E-state index contributed by atoms with van der Waals surface area (Å²) in [5.74, 6) is 0.472. The largest absolute Gasteiger partial charge is 0.317 e. The third kappa shape index (κ3) is 5.21. The van der Waals surface area contributed by atoms with E-state index in [1.165, 1.54) is 12.8 Å². The molecule has 1 aromatic rings. The zero-order valence-electron chi connectivity index (χ0n) is 11.9. The van der Waals surface area contributed by atoms with Gasteiger partial charge in [0.1, 0.15) is 5.82 Å². The zero-order valence-corrected chi connectivity index (χ0v) is 13.4. The highest BCUT2D eigenvalue weighted by Crippen LogP contribution is 2.20. The fourth-order valence-electron chi connectivity index (χ4n) is 2.59. The van der Waals surface area contributed by atoms with E-state index in [9.17, 15) is 4.39 Å². The Bertz CT molecular complexity index is 407. The molecular formula is C15H23Cl2FN2. The standard InChI is InChI=1S/C15H22ClFN2.ClH/c1-2-18-10-12-5-7-19(8-6-12)11-13-3-4-14(16)15(17)9-13;/h3-4,9,12,18H,2,5-8,10-11H2,1H3;1H. The smallest absolute Gasteiger partial charge is 0.142 e. The first-order valence-electron chi connectivity index (χ1n) is 7.06. The molecule has 1 fully saturated rings. The zero-order chi connectivity index (χ0) is 13.7. The van der Waals surface area contributed by atoms with Gasteiger partial charge in [-0.05, 0) is 62.6 Å². The van der Waals surface area contributed by atoms with Gasteiger partial charge in [-0.25, -0.2) is 4.39 Å². The molecule has 2 rings (SSSR count). The quantitative estimate of drug-likeness (QED) is 0.889. The molecule has 20 heavy (non-hydrogen) atoms. The van der Waals surface area contributed by atoms with Crippen LogP contribution in [0.15, 0.2) is 18.2 Å². The lowest BCUT2D eigenvalue weighted by Crippen LogP contribution is -2.36. The van der Waals surface area contributed by atoms with Gasteiger partial charge in [-0.1, -0.05) is 24.6 Å². The van der Waals surface area contributed by atoms with Crippen LogP contribution in [0.2, 0.25) is 5.02 Å². The van der Waals surface area contributed by atoms with Crippen LogP contribution in [-0.2, 0) is 6.54 Å².